The highest BCUT2D eigenvalue weighted by Gasteiger charge is 2.37. The molecule has 0 radical (unpaired) electrons. The van der Waals surface area contributed by atoms with E-state index in [1.807, 2.05) is 24.3 Å². The fraction of sp³-hybridized carbons (Fsp3) is 0.486. The number of aromatic nitrogens is 2. The number of benzene rings is 2. The molecule has 10 nitrogen and oxygen atoms in total. The maximum Gasteiger partial charge on any atom is 0.407 e. The van der Waals surface area contributed by atoms with Crippen LogP contribution in [0.25, 0.3) is 11.3 Å². The van der Waals surface area contributed by atoms with Crippen LogP contribution in [0.2, 0.25) is 10.0 Å². The number of aliphatic hydroxyl groups excluding tert-OH is 1. The second-order valence-electron chi connectivity index (χ2n) is 13.1. The highest BCUT2D eigenvalue weighted by Crippen LogP contribution is 2.36. The Morgan fingerprint density at radius 2 is 1.81 bits per heavy atom. The van der Waals surface area contributed by atoms with Crippen molar-refractivity contribution in [3.8, 4) is 23.1 Å². The number of nitrogens with zero attached hydrogens (tertiary/aromatic N) is 4. The summed E-state index contributed by atoms with van der Waals surface area (Å²) in [7, 11) is -3.46. The second-order valence-corrected chi connectivity index (χ2v) is 16.0. The molecular formula is C35H41Cl2N5O5S. The first-order chi connectivity index (χ1) is 23.0. The number of rotatable bonds is 7. The van der Waals surface area contributed by atoms with Crippen LogP contribution in [0.15, 0.2) is 42.5 Å². The molecule has 4 heterocycles. The van der Waals surface area contributed by atoms with Gasteiger partial charge in [0, 0.05) is 65.1 Å². The molecule has 3 N–H and O–H groups in total. The molecule has 3 aliphatic heterocycles. The Labute approximate surface area is 292 Å². The number of likely N-dealkylation sites (tertiary alicyclic amines) is 1. The minimum atomic E-state index is -3.46. The number of fused-ring (bicyclic) bond motifs is 1. The average Bonchev–Trinajstić information content (AvgIpc) is 3.42. The highest BCUT2D eigenvalue weighted by molar-refractivity contribution is 7.88. The molecule has 2 unspecified atom stereocenters. The number of piperidine rings is 2. The van der Waals surface area contributed by atoms with E-state index in [-0.39, 0.29) is 19.1 Å². The van der Waals surface area contributed by atoms with E-state index in [2.05, 4.69) is 17.2 Å². The summed E-state index contributed by atoms with van der Waals surface area (Å²) in [5.74, 6) is 7.26. The summed E-state index contributed by atoms with van der Waals surface area (Å²) in [4.78, 5) is 13.7. The van der Waals surface area contributed by atoms with Gasteiger partial charge in [-0.15, -0.1) is 0 Å². The Balaban J connectivity index is 1.27. The second kappa shape index (κ2) is 14.8. The minimum absolute atomic E-state index is 0.154. The molecule has 2 fully saturated rings. The van der Waals surface area contributed by atoms with Gasteiger partial charge in [-0.3, -0.25) is 4.68 Å². The van der Waals surface area contributed by atoms with E-state index >= 15 is 0 Å². The number of nitrogens with one attached hydrogen (secondary N) is 1. The summed E-state index contributed by atoms with van der Waals surface area (Å²) in [5.41, 5.74) is 4.34. The van der Waals surface area contributed by atoms with Gasteiger partial charge >= 0.3 is 6.09 Å². The molecule has 0 aliphatic carbocycles. The maximum atomic E-state index is 12.6. The third-order valence-corrected chi connectivity index (χ3v) is 11.8. The van der Waals surface area contributed by atoms with Gasteiger partial charge in [0.1, 0.15) is 0 Å². The lowest BCUT2D eigenvalue weighted by Gasteiger charge is -2.42. The van der Waals surface area contributed by atoms with Gasteiger partial charge in [0.15, 0.2) is 0 Å². The number of hydrogen-bond acceptors (Lipinski definition) is 6. The van der Waals surface area contributed by atoms with Crippen molar-refractivity contribution in [2.45, 2.75) is 63.8 Å². The molecule has 1 aromatic heterocycles. The summed E-state index contributed by atoms with van der Waals surface area (Å²) in [5, 5.41) is 30.9. The van der Waals surface area contributed by atoms with Crippen molar-refractivity contribution in [2.75, 3.05) is 32.4 Å². The molecular weight excluding hydrogens is 673 g/mol. The van der Waals surface area contributed by atoms with Crippen LogP contribution in [0.1, 0.15) is 54.5 Å². The first-order valence-electron chi connectivity index (χ1n) is 16.5. The third-order valence-electron chi connectivity index (χ3n) is 9.97. The van der Waals surface area contributed by atoms with Gasteiger partial charge in [0.25, 0.3) is 0 Å². The van der Waals surface area contributed by atoms with E-state index in [0.29, 0.717) is 59.1 Å². The van der Waals surface area contributed by atoms with Gasteiger partial charge < -0.3 is 20.4 Å². The largest absolute Gasteiger partial charge is 0.465 e. The lowest BCUT2D eigenvalue weighted by molar-refractivity contribution is 0.0366. The number of sulfonamides is 1. The Morgan fingerprint density at radius 1 is 1.06 bits per heavy atom. The summed E-state index contributed by atoms with van der Waals surface area (Å²) >= 11 is 12.6. The van der Waals surface area contributed by atoms with Crippen LogP contribution >= 0.6 is 23.2 Å². The minimum Gasteiger partial charge on any atom is -0.465 e. The molecule has 13 heteroatoms. The standard InChI is InChI=1S/C35H41Cl2N5O5S/c1-48(46,47)40-16-13-33-31(22-40)34(27-6-9-32(37)26(18-27)5-2-23-3-7-28(36)8-4-23)39-42(33)21-30(43)20-29-19-25(12-17-41(29)35(44)45)24-10-14-38-15-11-24/h3-4,6-9,18,24-25,29-30,38,43H,10-17,19-22H2,1H3,(H,44,45)/t25?,29?,30-/m0/s1. The predicted octanol–water partition coefficient (Wildman–Crippen LogP) is 5.08. The number of carbonyl (C=O) groups is 1. The van der Waals surface area contributed by atoms with Gasteiger partial charge in [-0.2, -0.15) is 9.40 Å². The first-order valence-corrected chi connectivity index (χ1v) is 19.1. The van der Waals surface area contributed by atoms with E-state index < -0.39 is 22.2 Å². The van der Waals surface area contributed by atoms with Crippen LogP contribution < -0.4 is 5.32 Å². The number of hydrogen-bond donors (Lipinski definition) is 3. The molecule has 0 saturated carbocycles. The van der Waals surface area contributed by atoms with Crippen LogP contribution in [0.5, 0.6) is 0 Å². The van der Waals surface area contributed by atoms with Crippen molar-refractivity contribution in [3.05, 3.63) is 74.9 Å². The van der Waals surface area contributed by atoms with Crippen LogP contribution in [0, 0.1) is 23.7 Å². The van der Waals surface area contributed by atoms with Crippen LogP contribution in [-0.2, 0) is 29.5 Å². The zero-order chi connectivity index (χ0) is 34.0. The lowest BCUT2D eigenvalue weighted by atomic mass is 9.76. The Kier molecular flexibility index (Phi) is 10.7. The summed E-state index contributed by atoms with van der Waals surface area (Å²) in [6, 6.07) is 12.3. The van der Waals surface area contributed by atoms with Gasteiger partial charge in [0.2, 0.25) is 10.0 Å². The molecule has 6 rings (SSSR count). The molecule has 1 amide bonds. The fourth-order valence-corrected chi connectivity index (χ4v) is 8.54. The van der Waals surface area contributed by atoms with Crippen molar-refractivity contribution in [1.82, 2.24) is 24.3 Å². The van der Waals surface area contributed by atoms with Crippen LogP contribution in [0.4, 0.5) is 4.79 Å². The smallest absolute Gasteiger partial charge is 0.407 e. The molecule has 256 valence electrons. The Bertz CT molecular complexity index is 1810. The zero-order valence-electron chi connectivity index (χ0n) is 26.9. The monoisotopic (exact) mass is 713 g/mol. The average molecular weight is 715 g/mol. The van der Waals surface area contributed by atoms with Crippen LogP contribution in [-0.4, -0.2) is 88.3 Å². The van der Waals surface area contributed by atoms with E-state index in [1.54, 1.807) is 22.9 Å². The fourth-order valence-electron chi connectivity index (χ4n) is 7.46. The highest BCUT2D eigenvalue weighted by atomic mass is 35.5. The van der Waals surface area contributed by atoms with Gasteiger partial charge in [-0.25, -0.2) is 13.2 Å². The molecule has 2 saturated heterocycles. The topological polar surface area (TPSA) is 128 Å². The van der Waals surface area contributed by atoms with Crippen molar-refractivity contribution < 1.29 is 23.4 Å². The molecule has 3 aromatic rings. The Hall–Kier alpha value is -3.11. The lowest BCUT2D eigenvalue weighted by Crippen LogP contribution is -2.49. The van der Waals surface area contributed by atoms with E-state index in [0.717, 1.165) is 61.2 Å². The Morgan fingerprint density at radius 3 is 2.52 bits per heavy atom. The SMILES string of the molecule is CS(=O)(=O)N1CCc2c(c(-c3ccc(Cl)c(C#Cc4ccc(Cl)cc4)c3)nn2C[C@@H](O)CC2CC(C3CCNCC3)CCN2C(=O)O)C1. The zero-order valence-corrected chi connectivity index (χ0v) is 29.2. The third kappa shape index (κ3) is 8.02. The van der Waals surface area contributed by atoms with Crippen LogP contribution in [0.3, 0.4) is 0 Å². The molecule has 0 bridgehead atoms. The molecule has 3 atom stereocenters. The molecule has 48 heavy (non-hydrogen) atoms. The van der Waals surface area contributed by atoms with Gasteiger partial charge in [-0.05, 0) is 93.4 Å². The quantitative estimate of drug-likeness (QED) is 0.292. The summed E-state index contributed by atoms with van der Waals surface area (Å²) < 4.78 is 28.4. The van der Waals surface area contributed by atoms with Gasteiger partial charge in [-0.1, -0.05) is 41.1 Å². The number of halogens is 2. The summed E-state index contributed by atoms with van der Waals surface area (Å²) in [6.45, 7) is 3.08. The first kappa shape index (κ1) is 34.7. The predicted molar refractivity (Wildman–Crippen MR) is 187 cm³/mol. The van der Waals surface area contributed by atoms with Crippen molar-refractivity contribution in [3.63, 3.8) is 0 Å². The van der Waals surface area contributed by atoms with Crippen molar-refractivity contribution >= 4 is 39.3 Å². The number of aliphatic hydroxyl groups is 1. The van der Waals surface area contributed by atoms with E-state index in [9.17, 15) is 23.4 Å². The van der Waals surface area contributed by atoms with E-state index in [1.165, 1.54) is 15.5 Å². The maximum absolute atomic E-state index is 12.6. The van der Waals surface area contributed by atoms with E-state index in [4.69, 9.17) is 28.3 Å². The molecule has 2 aromatic carbocycles. The molecule has 3 aliphatic rings. The van der Waals surface area contributed by atoms with Crippen molar-refractivity contribution in [1.29, 1.82) is 0 Å². The van der Waals surface area contributed by atoms with Gasteiger partial charge in [0.05, 0.1) is 29.6 Å². The summed E-state index contributed by atoms with van der Waals surface area (Å²) in [6.07, 6.45) is 3.92. The normalized spacial score (nSPS) is 21.3. The van der Waals surface area contributed by atoms with Crippen molar-refractivity contribution in [2.24, 2.45) is 11.8 Å². The number of carboxylic acid groups (broad SMARTS) is 1. The number of amides is 1. The molecule has 0 spiro atoms.